The second kappa shape index (κ2) is 4.51. The lowest BCUT2D eigenvalue weighted by molar-refractivity contribution is -0.113. The molecule has 0 aliphatic heterocycles. The van der Waals surface area contributed by atoms with Crippen LogP contribution in [0.4, 0.5) is 0 Å². The molecule has 4 heteroatoms. The summed E-state index contributed by atoms with van der Waals surface area (Å²) in [6.45, 7) is 1.50. The van der Waals surface area contributed by atoms with E-state index in [0.717, 1.165) is 0 Å². The Labute approximate surface area is 88.3 Å². The van der Waals surface area contributed by atoms with Gasteiger partial charge in [-0.05, 0) is 13.3 Å². The minimum atomic E-state index is -0.0142. The van der Waals surface area contributed by atoms with Gasteiger partial charge in [-0.1, -0.05) is 11.6 Å². The highest BCUT2D eigenvalue weighted by atomic mass is 35.5. The third kappa shape index (κ3) is 1.93. The lowest BCUT2D eigenvalue weighted by Crippen LogP contribution is -2.10. The average Bonchev–Trinajstić information content (AvgIpc) is 2.16. The summed E-state index contributed by atoms with van der Waals surface area (Å²) in [7, 11) is 3.08. The maximum atomic E-state index is 11.2. The van der Waals surface area contributed by atoms with E-state index < -0.39 is 0 Å². The fraction of sp³-hybridized carbons (Fsp3) is 0.500. The lowest BCUT2D eigenvalue weighted by atomic mass is 9.99. The highest BCUT2D eigenvalue weighted by Crippen LogP contribution is 2.33. The van der Waals surface area contributed by atoms with E-state index in [1.54, 1.807) is 7.11 Å². The molecule has 78 valence electrons. The number of Topliss-reactive ketones (excluding diaryl/α,β-unsaturated/α-hetero) is 1. The van der Waals surface area contributed by atoms with Crippen molar-refractivity contribution in [3.8, 4) is 0 Å². The van der Waals surface area contributed by atoms with Gasteiger partial charge in [0.25, 0.3) is 0 Å². The van der Waals surface area contributed by atoms with Crippen LogP contribution in [0.5, 0.6) is 0 Å². The number of ether oxygens (including phenoxy) is 2. The zero-order valence-corrected chi connectivity index (χ0v) is 9.27. The van der Waals surface area contributed by atoms with Crippen LogP contribution in [0.2, 0.25) is 0 Å². The summed E-state index contributed by atoms with van der Waals surface area (Å²) in [5, 5.41) is 0.378. The molecule has 0 spiro atoms. The Bertz CT molecular complexity index is 315. The van der Waals surface area contributed by atoms with Crippen LogP contribution < -0.4 is 0 Å². The van der Waals surface area contributed by atoms with Gasteiger partial charge in [-0.25, -0.2) is 0 Å². The molecule has 0 unspecified atom stereocenters. The van der Waals surface area contributed by atoms with Gasteiger partial charge in [-0.3, -0.25) is 4.79 Å². The van der Waals surface area contributed by atoms with Crippen LogP contribution in [0.3, 0.4) is 0 Å². The van der Waals surface area contributed by atoms with Gasteiger partial charge in [0.1, 0.15) is 5.76 Å². The molecular weight excluding hydrogens is 204 g/mol. The molecule has 0 amide bonds. The summed E-state index contributed by atoms with van der Waals surface area (Å²) >= 11 is 6.01. The van der Waals surface area contributed by atoms with Crippen LogP contribution in [-0.4, -0.2) is 20.0 Å². The summed E-state index contributed by atoms with van der Waals surface area (Å²) in [5.41, 5.74) is 0.615. The van der Waals surface area contributed by atoms with Crippen molar-refractivity contribution in [2.75, 3.05) is 14.2 Å². The maximum absolute atomic E-state index is 11.2. The maximum Gasteiger partial charge on any atom is 0.175 e. The Kier molecular flexibility index (Phi) is 3.58. The zero-order valence-electron chi connectivity index (χ0n) is 8.52. The van der Waals surface area contributed by atoms with Crippen LogP contribution in [0.1, 0.15) is 19.8 Å². The third-order valence-electron chi connectivity index (χ3n) is 2.20. The van der Waals surface area contributed by atoms with Crippen LogP contribution in [0, 0.1) is 0 Å². The molecule has 3 nitrogen and oxygen atoms in total. The Hall–Kier alpha value is -0.960. The second-order valence-corrected chi connectivity index (χ2v) is 3.39. The molecule has 0 saturated heterocycles. The number of hydrogen-bond acceptors (Lipinski definition) is 3. The Morgan fingerprint density at radius 3 is 2.36 bits per heavy atom. The van der Waals surface area contributed by atoms with Gasteiger partial charge in [0.15, 0.2) is 11.5 Å². The number of methoxy groups -OCH3 is 2. The van der Waals surface area contributed by atoms with E-state index in [4.69, 9.17) is 21.1 Å². The molecule has 0 radical (unpaired) electrons. The zero-order chi connectivity index (χ0) is 10.7. The highest BCUT2D eigenvalue weighted by Gasteiger charge is 2.24. The number of allylic oxidation sites excluding steroid dienone is 3. The van der Waals surface area contributed by atoms with Crippen LogP contribution >= 0.6 is 11.6 Å². The molecular formula is C10H13ClO3. The predicted molar refractivity (Wildman–Crippen MR) is 53.8 cm³/mol. The highest BCUT2D eigenvalue weighted by molar-refractivity contribution is 6.34. The third-order valence-corrected chi connectivity index (χ3v) is 2.59. The summed E-state index contributed by atoms with van der Waals surface area (Å²) < 4.78 is 10.2. The molecule has 14 heavy (non-hydrogen) atoms. The van der Waals surface area contributed by atoms with Gasteiger partial charge in [0, 0.05) is 12.0 Å². The minimum Gasteiger partial charge on any atom is -0.497 e. The second-order valence-electron chi connectivity index (χ2n) is 3.01. The Morgan fingerprint density at radius 1 is 1.29 bits per heavy atom. The summed E-state index contributed by atoms with van der Waals surface area (Å²) in [6, 6.07) is 0. The van der Waals surface area contributed by atoms with E-state index in [-0.39, 0.29) is 5.78 Å². The molecule has 0 aromatic heterocycles. The number of carbonyl (C=O) groups is 1. The predicted octanol–water partition coefficient (Wildman–Crippen LogP) is 2.37. The first kappa shape index (κ1) is 11.1. The number of halogens is 1. The monoisotopic (exact) mass is 216 g/mol. The first-order valence-corrected chi connectivity index (χ1v) is 4.70. The number of ketones is 1. The van der Waals surface area contributed by atoms with E-state index >= 15 is 0 Å². The molecule has 0 bridgehead atoms. The van der Waals surface area contributed by atoms with E-state index in [0.29, 0.717) is 35.0 Å². The van der Waals surface area contributed by atoms with Gasteiger partial charge in [-0.15, -0.1) is 0 Å². The normalized spacial score (nSPS) is 17.1. The molecule has 0 saturated carbocycles. The number of rotatable bonds is 3. The van der Waals surface area contributed by atoms with E-state index in [1.165, 1.54) is 14.0 Å². The van der Waals surface area contributed by atoms with Gasteiger partial charge in [-0.2, -0.15) is 0 Å². The molecule has 0 fully saturated rings. The van der Waals surface area contributed by atoms with E-state index in [9.17, 15) is 4.79 Å². The van der Waals surface area contributed by atoms with E-state index in [2.05, 4.69) is 0 Å². The van der Waals surface area contributed by atoms with Crippen molar-refractivity contribution < 1.29 is 14.3 Å². The van der Waals surface area contributed by atoms with Crippen molar-refractivity contribution in [3.63, 3.8) is 0 Å². The van der Waals surface area contributed by atoms with Crippen molar-refractivity contribution in [1.82, 2.24) is 0 Å². The lowest BCUT2D eigenvalue weighted by Gasteiger charge is -2.19. The summed E-state index contributed by atoms with van der Waals surface area (Å²) in [6.07, 6.45) is 1.27. The van der Waals surface area contributed by atoms with Crippen molar-refractivity contribution >= 4 is 17.4 Å². The first-order valence-electron chi connectivity index (χ1n) is 4.32. The number of hydrogen-bond donors (Lipinski definition) is 0. The Morgan fingerprint density at radius 2 is 1.93 bits per heavy atom. The van der Waals surface area contributed by atoms with Crippen LogP contribution in [0.25, 0.3) is 0 Å². The van der Waals surface area contributed by atoms with Gasteiger partial charge < -0.3 is 9.47 Å². The fourth-order valence-electron chi connectivity index (χ4n) is 1.45. The number of carbonyl (C=O) groups excluding carboxylic acids is 1. The molecule has 0 aromatic rings. The Balaban J connectivity index is 3.14. The van der Waals surface area contributed by atoms with Crippen molar-refractivity contribution in [3.05, 3.63) is 22.1 Å². The van der Waals surface area contributed by atoms with Crippen LogP contribution in [0.15, 0.2) is 22.1 Å². The smallest absolute Gasteiger partial charge is 0.175 e. The van der Waals surface area contributed by atoms with Gasteiger partial charge >= 0.3 is 0 Å². The standard InChI is InChI=1S/C10H13ClO3/c1-6(12)7-4-5-8(13-2)10(14-3)9(7)11/h4-5H2,1-3H3. The van der Waals surface area contributed by atoms with E-state index in [1.807, 2.05) is 0 Å². The largest absolute Gasteiger partial charge is 0.497 e. The average molecular weight is 217 g/mol. The first-order chi connectivity index (χ1) is 6.61. The molecule has 1 aliphatic rings. The summed E-state index contributed by atoms with van der Waals surface area (Å²) in [4.78, 5) is 11.2. The molecule has 0 atom stereocenters. The van der Waals surface area contributed by atoms with Crippen molar-refractivity contribution in [1.29, 1.82) is 0 Å². The van der Waals surface area contributed by atoms with Crippen molar-refractivity contribution in [2.24, 2.45) is 0 Å². The van der Waals surface area contributed by atoms with Crippen molar-refractivity contribution in [2.45, 2.75) is 19.8 Å². The SMILES string of the molecule is COC1=C(OC)C(Cl)=C(C(C)=O)CC1. The minimum absolute atomic E-state index is 0.0142. The fourth-order valence-corrected chi connectivity index (χ4v) is 1.86. The molecule has 1 rings (SSSR count). The van der Waals surface area contributed by atoms with Gasteiger partial charge in [0.05, 0.1) is 19.3 Å². The molecule has 0 heterocycles. The topological polar surface area (TPSA) is 35.5 Å². The quantitative estimate of drug-likeness (QED) is 0.727. The van der Waals surface area contributed by atoms with Crippen LogP contribution in [-0.2, 0) is 14.3 Å². The molecule has 1 aliphatic carbocycles. The van der Waals surface area contributed by atoms with Gasteiger partial charge in [0.2, 0.25) is 0 Å². The molecule has 0 N–H and O–H groups in total. The molecule has 0 aromatic carbocycles. The summed E-state index contributed by atoms with van der Waals surface area (Å²) in [5.74, 6) is 1.16.